The lowest BCUT2D eigenvalue weighted by molar-refractivity contribution is 0.0701. The highest BCUT2D eigenvalue weighted by molar-refractivity contribution is 7.94. The van der Waals surface area contributed by atoms with E-state index in [9.17, 15) is 78.3 Å². The summed E-state index contributed by atoms with van der Waals surface area (Å²) in [5.41, 5.74) is 5.59. The van der Waals surface area contributed by atoms with Gasteiger partial charge < -0.3 is 37.6 Å². The average molecular weight is 1600 g/mol. The number of aromatic nitrogens is 4. The van der Waals surface area contributed by atoms with Crippen molar-refractivity contribution < 1.29 is 95.3 Å². The molecule has 0 radical (unpaired) electrons. The number of hydrogen-bond acceptors (Lipinski definition) is 26. The normalized spacial score (nSPS) is 12.8. The van der Waals surface area contributed by atoms with E-state index >= 15 is 0 Å². The number of H-pyrrole nitrogens is 2. The lowest BCUT2D eigenvalue weighted by Gasteiger charge is -2.28. The average Bonchev–Trinajstić information content (AvgIpc) is 1.02. The number of aromatic amines is 2. The first kappa shape index (κ1) is 85.4. The van der Waals surface area contributed by atoms with E-state index in [2.05, 4.69) is 42.6 Å². The molecule has 42 heteroatoms. The molecule has 0 unspecified atom stereocenters. The number of nitrogens with zero attached hydrogens (tertiary/aromatic N) is 6. The number of aryl methyl sites for hydroxylation is 2. The van der Waals surface area contributed by atoms with Crippen molar-refractivity contribution in [1.82, 2.24) is 24.9 Å². The van der Waals surface area contributed by atoms with E-state index < -0.39 is 108 Å². The van der Waals surface area contributed by atoms with Gasteiger partial charge in [-0.3, -0.25) is 38.0 Å². The van der Waals surface area contributed by atoms with Gasteiger partial charge in [-0.2, -0.15) is 43.9 Å². The molecule has 0 atom stereocenters. The number of sulfone groups is 2. The van der Waals surface area contributed by atoms with E-state index in [-0.39, 0.29) is 66.4 Å². The minimum atomic E-state index is -4.87. The molecule has 0 aliphatic heterocycles. The first-order valence-electron chi connectivity index (χ1n) is 31.9. The zero-order valence-electron chi connectivity index (χ0n) is 57.7. The summed E-state index contributed by atoms with van der Waals surface area (Å²) in [5.74, 6) is -0.146. The molecule has 0 aliphatic rings. The van der Waals surface area contributed by atoms with Crippen LogP contribution in [0, 0.1) is 13.8 Å². The van der Waals surface area contributed by atoms with Gasteiger partial charge in [0.05, 0.1) is 59.5 Å². The van der Waals surface area contributed by atoms with Gasteiger partial charge in [0.2, 0.25) is 0 Å². The quantitative estimate of drug-likeness (QED) is 0.00793. The van der Waals surface area contributed by atoms with E-state index in [0.29, 0.717) is 100 Å². The Morgan fingerprint density at radius 2 is 0.846 bits per heavy atom. The van der Waals surface area contributed by atoms with Crippen LogP contribution in [0.3, 0.4) is 0 Å². The fraction of sp³-hybridized carbons (Fsp3) is 0.355. The Hall–Kier alpha value is -7.55. The molecule has 9 N–H and O–H groups in total. The summed E-state index contributed by atoms with van der Waals surface area (Å²) in [7, 11) is -31.8. The maximum Gasteiger partial charge on any atom is 0.500 e. The van der Waals surface area contributed by atoms with Crippen molar-refractivity contribution in [3.05, 3.63) is 153 Å². The molecule has 0 fully saturated rings. The Kier molecular flexibility index (Phi) is 30.1. The number of hydrogen-bond donors (Lipinski definition) is 8. The maximum atomic E-state index is 13.3. The second kappa shape index (κ2) is 36.6. The predicted octanol–water partition coefficient (Wildman–Crippen LogP) is 9.17. The van der Waals surface area contributed by atoms with E-state index in [1.807, 2.05) is 41.5 Å². The Morgan fingerprint density at radius 3 is 1.18 bits per heavy atom. The van der Waals surface area contributed by atoms with Gasteiger partial charge in [0.15, 0.2) is 31.0 Å². The van der Waals surface area contributed by atoms with Crippen LogP contribution in [-0.2, 0) is 86.7 Å². The minimum Gasteiger partial charge on any atom is -0.374 e. The minimum absolute atomic E-state index is 0.00156. The molecule has 0 spiro atoms. The number of benzene rings is 6. The van der Waals surface area contributed by atoms with Gasteiger partial charge in [0.1, 0.15) is 9.79 Å². The molecule has 0 amide bonds. The van der Waals surface area contributed by atoms with Crippen molar-refractivity contribution in [1.29, 1.82) is 0 Å². The lowest BCUT2D eigenvalue weighted by atomic mass is 10.1. The third kappa shape index (κ3) is 22.5. The zero-order valence-corrected chi connectivity index (χ0v) is 64.6. The summed E-state index contributed by atoms with van der Waals surface area (Å²) in [5, 5.41) is 25.5. The highest BCUT2D eigenvalue weighted by Gasteiger charge is 2.40. The van der Waals surface area contributed by atoms with Gasteiger partial charge in [0.25, 0.3) is 51.6 Å². The van der Waals surface area contributed by atoms with Crippen molar-refractivity contribution >= 4 is 122 Å². The van der Waals surface area contributed by atoms with Crippen molar-refractivity contribution in [3.8, 4) is 11.4 Å². The largest absolute Gasteiger partial charge is 0.500 e. The Bertz CT molecular complexity index is 5240. The predicted molar refractivity (Wildman–Crippen MR) is 389 cm³/mol. The fourth-order valence-corrected chi connectivity index (χ4v) is 20.1. The molecule has 0 saturated carbocycles. The summed E-state index contributed by atoms with van der Waals surface area (Å²) >= 11 is 0. The van der Waals surface area contributed by atoms with Crippen LogP contribution in [0.5, 0.6) is 0 Å². The Morgan fingerprint density at radius 1 is 0.481 bits per heavy atom. The van der Waals surface area contributed by atoms with Crippen LogP contribution >= 0.6 is 0 Å². The molecule has 0 saturated heterocycles. The molecule has 104 heavy (non-hydrogen) atoms. The first-order chi connectivity index (χ1) is 48.8. The number of nitrogens with one attached hydrogen (secondary N) is 3. The van der Waals surface area contributed by atoms with Gasteiger partial charge in [-0.1, -0.05) is 18.7 Å². The lowest BCUT2D eigenvalue weighted by Crippen LogP contribution is -2.46. The number of fused-ring (bicyclic) bond motifs is 2. The molecule has 0 aliphatic carbocycles. The monoisotopic (exact) mass is 1600 g/mol. The van der Waals surface area contributed by atoms with Crippen LogP contribution in [0.25, 0.3) is 32.9 Å². The van der Waals surface area contributed by atoms with E-state index in [1.165, 1.54) is 84.9 Å². The second-order valence-electron chi connectivity index (χ2n) is 22.1. The molecule has 34 nitrogen and oxygen atoms in total. The fourth-order valence-electron chi connectivity index (χ4n) is 10.2. The van der Waals surface area contributed by atoms with Gasteiger partial charge in [-0.25, -0.2) is 26.2 Å². The second-order valence-corrected chi connectivity index (χ2v) is 37.2. The third-order valence-corrected chi connectivity index (χ3v) is 27.7. The van der Waals surface area contributed by atoms with E-state index in [4.69, 9.17) is 32.3 Å². The van der Waals surface area contributed by atoms with Gasteiger partial charge in [0, 0.05) is 74.5 Å². The molecule has 568 valence electrons. The van der Waals surface area contributed by atoms with Crippen LogP contribution in [0.1, 0.15) is 65.8 Å². The molecule has 0 bridgehead atoms. The van der Waals surface area contributed by atoms with Gasteiger partial charge >= 0.3 is 17.6 Å². The summed E-state index contributed by atoms with van der Waals surface area (Å²) < 4.78 is 218. The SMILES string of the molecule is C=CS(=O)(=O)c1ccc(-n2[nH]c(C)c(N=Nc3ccc4c(S(=O)(=O)O)cc(S(=O)(=O)O)cc4c3)c2=O)cc1.CCO[Si](CCCN)(OCC)OCC.CCO[Si](CCCNCCS(=O)(=O)c1ccc(-n2[nH]c(C)c(N=Nc3ccc4c(S(=O)(=O)O)cc(S(=O)(=O)O)cc4c3)c2=O)cc1)(OCC)OCC. The Balaban J connectivity index is 0.000000284. The van der Waals surface area contributed by atoms with Gasteiger partial charge in [-0.05, 0) is 189 Å². The van der Waals surface area contributed by atoms with Crippen LogP contribution < -0.4 is 22.2 Å². The maximum absolute atomic E-state index is 13.3. The summed E-state index contributed by atoms with van der Waals surface area (Å²) in [6, 6.07) is 23.5. The summed E-state index contributed by atoms with van der Waals surface area (Å²) in [6.45, 7) is 22.7. The highest BCUT2D eigenvalue weighted by atomic mass is 32.2. The highest BCUT2D eigenvalue weighted by Crippen LogP contribution is 2.34. The van der Waals surface area contributed by atoms with Gasteiger partial charge in [-0.15, -0.1) is 10.2 Å². The standard InChI is InChI=1S/C31H41N5O12S3Si.C22H18N4O9S3.C9H23NO3Si/c1-5-46-52(47-6-2,48-7-3)18-8-15-32-16-17-49(38,39)26-12-10-25(11-13-26)36-31(37)30(22(4)35-36)34-33-24-9-14-28-23(19-24)20-27(50(40,41)42)21-29(28)51(43,44)45;1-3-36(28,29)17-7-5-16(6-8-17)26-22(27)21(13(2)25-26)24-23-15-4-9-19-14(10-15)11-18(37(30,31)32)12-20(19)38(33,34)35;1-4-11-14(12-5-2,13-6-3)9-7-8-10/h9-14,19-21,32,35H,5-8,15-18H2,1-4H3,(H,40,41,42)(H,43,44,45);3-12,25H,1H2,2H3,(H,30,31,32)(H,33,34,35);4-10H2,1-3H3. The molecule has 6 aromatic carbocycles. The molecule has 8 aromatic rings. The third-order valence-electron chi connectivity index (χ3n) is 14.9. The van der Waals surface area contributed by atoms with Crippen molar-refractivity contribution in [2.45, 2.75) is 110 Å². The van der Waals surface area contributed by atoms with Crippen molar-refractivity contribution in [2.24, 2.45) is 26.2 Å². The summed E-state index contributed by atoms with van der Waals surface area (Å²) in [4.78, 5) is 23.3. The molecular formula is C62H82N10O24S6Si2. The van der Waals surface area contributed by atoms with Crippen molar-refractivity contribution in [3.63, 3.8) is 0 Å². The Labute approximate surface area is 603 Å². The van der Waals surface area contributed by atoms with Crippen LogP contribution in [0.2, 0.25) is 12.1 Å². The number of nitrogens with two attached hydrogens (primary N) is 1. The molecule has 2 aromatic heterocycles. The zero-order chi connectivity index (χ0) is 77.2. The van der Waals surface area contributed by atoms with E-state index in [0.717, 1.165) is 39.4 Å². The number of azo groups is 2. The van der Waals surface area contributed by atoms with Crippen LogP contribution in [0.4, 0.5) is 22.7 Å². The smallest absolute Gasteiger partial charge is 0.374 e. The number of rotatable bonds is 35. The topological polar surface area (TPSA) is 504 Å². The van der Waals surface area contributed by atoms with Crippen molar-refractivity contribution in [2.75, 3.05) is 65.0 Å². The van der Waals surface area contributed by atoms with E-state index in [1.54, 1.807) is 13.8 Å². The molecule has 2 heterocycles. The first-order valence-corrected chi connectivity index (χ1v) is 44.7. The summed E-state index contributed by atoms with van der Waals surface area (Å²) in [6.07, 6.45) is 1.58. The molecule has 8 rings (SSSR count). The van der Waals surface area contributed by atoms with Crippen LogP contribution in [0.15, 0.2) is 181 Å². The van der Waals surface area contributed by atoms with Crippen LogP contribution in [-0.4, -0.2) is 171 Å². The molecular weight excluding hydrogens is 1520 g/mol.